The van der Waals surface area contributed by atoms with E-state index in [-0.39, 0.29) is 19.3 Å². The van der Waals surface area contributed by atoms with Crippen molar-refractivity contribution >= 4 is 33.6 Å². The van der Waals surface area contributed by atoms with Crippen molar-refractivity contribution in [1.82, 2.24) is 0 Å². The second-order valence-electron chi connectivity index (χ2n) is 18.7. The zero-order chi connectivity index (χ0) is 52.5. The van der Waals surface area contributed by atoms with Crippen LogP contribution >= 0.6 is 15.6 Å². The van der Waals surface area contributed by atoms with Crippen LogP contribution in [-0.4, -0.2) is 95.9 Å². The fraction of sp³-hybridized carbons (Fsp3) is 0.868. The largest absolute Gasteiger partial charge is 0.472 e. The van der Waals surface area contributed by atoms with Crippen LogP contribution in [0.15, 0.2) is 24.3 Å². The van der Waals surface area contributed by atoms with Gasteiger partial charge in [-0.05, 0) is 64.2 Å². The molecule has 0 aromatic heterocycles. The second-order valence-corrected chi connectivity index (χ2v) is 21.6. The highest BCUT2D eigenvalue weighted by molar-refractivity contribution is 7.47. The molecule has 0 saturated heterocycles. The lowest BCUT2D eigenvalue weighted by Crippen LogP contribution is -2.30. The molecule has 0 bridgehead atoms. The topological polar surface area (TPSA) is 231 Å². The van der Waals surface area contributed by atoms with Gasteiger partial charge in [0.15, 0.2) is 6.10 Å². The Morgan fingerprint density at radius 2 is 0.676 bits per heavy atom. The van der Waals surface area contributed by atoms with Gasteiger partial charge >= 0.3 is 33.6 Å². The summed E-state index contributed by atoms with van der Waals surface area (Å²) in [5.74, 6) is -1.58. The molecule has 418 valence electrons. The number of phosphoric ester groups is 2. The van der Waals surface area contributed by atoms with Crippen LogP contribution in [0.3, 0.4) is 0 Å². The Labute approximate surface area is 429 Å². The summed E-state index contributed by atoms with van der Waals surface area (Å²) in [6.45, 7) is 2.56. The standard InChI is InChI=1S/C53H100O16P2/c1-4-7-10-13-16-19-22-23-26-28-30-33-36-39-51(56)63-42-48(54)43-65-70(59,60)66-44-49(55)45-67-71(61,62)68-47-50(69-53(58)41-38-35-32-29-25-21-18-15-12-9-6-3)46-64-52(57)40-37-34-31-27-24-20-17-14-11-8-5-2/h14,17,19,22,48-50,54-55H,4-13,15-16,18,20-21,23-47H2,1-3H3,(H,59,60)(H,61,62)/b17-14-,22-19-. The Hall–Kier alpha value is -1.97. The van der Waals surface area contributed by atoms with Gasteiger partial charge in [-0.1, -0.05) is 180 Å². The van der Waals surface area contributed by atoms with Crippen molar-refractivity contribution in [3.8, 4) is 0 Å². The number of rotatable bonds is 53. The normalized spacial score (nSPS) is 14.9. The molecule has 0 fully saturated rings. The zero-order valence-corrected chi connectivity index (χ0v) is 46.2. The van der Waals surface area contributed by atoms with E-state index in [4.69, 9.17) is 32.3 Å². The fourth-order valence-corrected chi connectivity index (χ4v) is 8.89. The van der Waals surface area contributed by atoms with Crippen LogP contribution in [0.4, 0.5) is 0 Å². The number of unbranched alkanes of at least 4 members (excludes halogenated alkanes) is 26. The number of carbonyl (C=O) groups is 3. The highest BCUT2D eigenvalue weighted by Gasteiger charge is 2.29. The lowest BCUT2D eigenvalue weighted by Gasteiger charge is -2.21. The van der Waals surface area contributed by atoms with E-state index in [2.05, 4.69) is 45.1 Å². The third-order valence-corrected chi connectivity index (χ3v) is 13.6. The molecular weight excluding hydrogens is 955 g/mol. The van der Waals surface area contributed by atoms with Crippen molar-refractivity contribution in [2.24, 2.45) is 0 Å². The van der Waals surface area contributed by atoms with Gasteiger partial charge in [0.2, 0.25) is 0 Å². The number of hydrogen-bond donors (Lipinski definition) is 4. The molecule has 0 amide bonds. The predicted molar refractivity (Wildman–Crippen MR) is 280 cm³/mol. The first-order chi connectivity index (χ1) is 34.2. The number of aliphatic hydroxyl groups excluding tert-OH is 2. The van der Waals surface area contributed by atoms with Gasteiger partial charge in [-0.25, -0.2) is 9.13 Å². The molecule has 16 nitrogen and oxygen atoms in total. The molecule has 18 heteroatoms. The number of phosphoric acid groups is 2. The van der Waals surface area contributed by atoms with Gasteiger partial charge in [0.05, 0.1) is 26.4 Å². The highest BCUT2D eigenvalue weighted by Crippen LogP contribution is 2.45. The molecule has 0 heterocycles. The summed E-state index contributed by atoms with van der Waals surface area (Å²) >= 11 is 0. The first-order valence-corrected chi connectivity index (χ1v) is 30.6. The molecule has 0 saturated carbocycles. The molecule has 0 radical (unpaired) electrons. The van der Waals surface area contributed by atoms with Crippen molar-refractivity contribution in [2.75, 3.05) is 39.6 Å². The van der Waals surface area contributed by atoms with Crippen LogP contribution in [0.1, 0.15) is 239 Å². The maximum atomic E-state index is 12.8. The quantitative estimate of drug-likeness (QED) is 0.0146. The molecule has 5 atom stereocenters. The predicted octanol–water partition coefficient (Wildman–Crippen LogP) is 13.4. The van der Waals surface area contributed by atoms with E-state index in [0.29, 0.717) is 19.3 Å². The summed E-state index contributed by atoms with van der Waals surface area (Å²) in [7, 11) is -9.73. The summed E-state index contributed by atoms with van der Waals surface area (Å²) in [6.07, 6.45) is 38.4. The first kappa shape index (κ1) is 69.0. The Bertz CT molecular complexity index is 1430. The van der Waals surface area contributed by atoms with Gasteiger partial charge < -0.3 is 34.2 Å². The summed E-state index contributed by atoms with van der Waals surface area (Å²) < 4.78 is 60.3. The summed E-state index contributed by atoms with van der Waals surface area (Å²) in [5.41, 5.74) is 0. The van der Waals surface area contributed by atoms with E-state index in [1.165, 1.54) is 77.0 Å². The average molecular weight is 1060 g/mol. The summed E-state index contributed by atoms with van der Waals surface area (Å²) in [6, 6.07) is 0. The third kappa shape index (κ3) is 50.0. The average Bonchev–Trinajstić information content (AvgIpc) is 3.34. The monoisotopic (exact) mass is 1050 g/mol. The van der Waals surface area contributed by atoms with Gasteiger partial charge in [0.25, 0.3) is 0 Å². The second kappa shape index (κ2) is 48.9. The van der Waals surface area contributed by atoms with Crippen molar-refractivity contribution < 1.29 is 75.8 Å². The fourth-order valence-electron chi connectivity index (χ4n) is 7.31. The van der Waals surface area contributed by atoms with Gasteiger partial charge in [0, 0.05) is 19.3 Å². The molecule has 0 aromatic carbocycles. The van der Waals surface area contributed by atoms with Gasteiger partial charge in [-0.2, -0.15) is 0 Å². The number of esters is 3. The molecular formula is C53H100O16P2. The number of ether oxygens (including phenoxy) is 3. The zero-order valence-electron chi connectivity index (χ0n) is 44.4. The smallest absolute Gasteiger partial charge is 0.463 e. The third-order valence-electron chi connectivity index (χ3n) is 11.6. The van der Waals surface area contributed by atoms with E-state index in [1.54, 1.807) is 0 Å². The van der Waals surface area contributed by atoms with Gasteiger partial charge in [0.1, 0.15) is 25.4 Å². The highest BCUT2D eigenvalue weighted by atomic mass is 31.2. The minimum Gasteiger partial charge on any atom is -0.463 e. The molecule has 0 aliphatic heterocycles. The maximum absolute atomic E-state index is 12.8. The van der Waals surface area contributed by atoms with Gasteiger partial charge in [-0.3, -0.25) is 32.5 Å². The summed E-state index contributed by atoms with van der Waals surface area (Å²) in [5, 5.41) is 20.4. The molecule has 0 rings (SSSR count). The SMILES string of the molecule is CCCC/C=C\CCCCCCCC(=O)OCC(COP(=O)(O)OCC(O)COP(=O)(O)OCC(O)COC(=O)CCCCCCC/C=C\CCCCCC)OC(=O)CCCCCCCCCCCCC. The van der Waals surface area contributed by atoms with Crippen molar-refractivity contribution in [3.63, 3.8) is 0 Å². The molecule has 0 aromatic rings. The van der Waals surface area contributed by atoms with E-state index in [1.807, 2.05) is 0 Å². The number of hydrogen-bond acceptors (Lipinski definition) is 14. The molecule has 0 aliphatic rings. The Morgan fingerprint density at radius 3 is 1.08 bits per heavy atom. The van der Waals surface area contributed by atoms with E-state index >= 15 is 0 Å². The van der Waals surface area contributed by atoms with Crippen LogP contribution in [0.25, 0.3) is 0 Å². The van der Waals surface area contributed by atoms with Crippen LogP contribution < -0.4 is 0 Å². The van der Waals surface area contributed by atoms with Crippen LogP contribution in [0, 0.1) is 0 Å². The van der Waals surface area contributed by atoms with Crippen molar-refractivity contribution in [2.45, 2.75) is 257 Å². The van der Waals surface area contributed by atoms with E-state index in [9.17, 15) is 43.5 Å². The van der Waals surface area contributed by atoms with Crippen molar-refractivity contribution in [3.05, 3.63) is 24.3 Å². The van der Waals surface area contributed by atoms with Gasteiger partial charge in [-0.15, -0.1) is 0 Å². The van der Waals surface area contributed by atoms with E-state index in [0.717, 1.165) is 103 Å². The Morgan fingerprint density at radius 1 is 0.380 bits per heavy atom. The minimum atomic E-state index is -4.90. The molecule has 5 unspecified atom stereocenters. The van der Waals surface area contributed by atoms with Crippen LogP contribution in [-0.2, 0) is 55.8 Å². The molecule has 71 heavy (non-hydrogen) atoms. The number of carbonyl (C=O) groups excluding carboxylic acids is 3. The number of allylic oxidation sites excluding steroid dienone is 4. The Balaban J connectivity index is 4.67. The summed E-state index contributed by atoms with van der Waals surface area (Å²) in [4.78, 5) is 57.7. The molecule has 0 spiro atoms. The minimum absolute atomic E-state index is 0.110. The lowest BCUT2D eigenvalue weighted by atomic mass is 10.1. The Kier molecular flexibility index (Phi) is 47.6. The van der Waals surface area contributed by atoms with Crippen LogP contribution in [0.2, 0.25) is 0 Å². The van der Waals surface area contributed by atoms with E-state index < -0.39 is 91.5 Å². The number of aliphatic hydroxyl groups is 2. The molecule has 0 aliphatic carbocycles. The first-order valence-electron chi connectivity index (χ1n) is 27.6. The van der Waals surface area contributed by atoms with Crippen molar-refractivity contribution in [1.29, 1.82) is 0 Å². The lowest BCUT2D eigenvalue weighted by molar-refractivity contribution is -0.161. The molecule has 4 N–H and O–H groups in total. The van der Waals surface area contributed by atoms with Crippen LogP contribution in [0.5, 0.6) is 0 Å². The maximum Gasteiger partial charge on any atom is 0.472 e.